The molecule has 0 saturated carbocycles. The molecule has 0 aliphatic heterocycles. The molecule has 0 fully saturated rings. The van der Waals surface area contributed by atoms with Gasteiger partial charge in [-0.05, 0) is 38.5 Å². The second-order valence-corrected chi connectivity index (χ2v) is 6.55. The lowest BCUT2D eigenvalue weighted by molar-refractivity contribution is 0.0527. The fourth-order valence-electron chi connectivity index (χ4n) is 2.63. The number of rotatable bonds is 7. The van der Waals surface area contributed by atoms with Crippen molar-refractivity contribution in [2.24, 2.45) is 0 Å². The van der Waals surface area contributed by atoms with Gasteiger partial charge in [-0.3, -0.25) is 9.59 Å². The second-order valence-electron chi connectivity index (χ2n) is 5.53. The number of hydrogen-bond acceptors (Lipinski definition) is 7. The number of ketones is 1. The maximum atomic E-state index is 12.9. The first-order valence-corrected chi connectivity index (χ1v) is 9.01. The number of Topliss-reactive ketones (excluding diaryl/α,β-unsaturated/α-hetero) is 1. The Morgan fingerprint density at radius 2 is 1.67 bits per heavy atom. The highest BCUT2D eigenvalue weighted by atomic mass is 32.1. The van der Waals surface area contributed by atoms with Crippen LogP contribution in [0, 0.1) is 6.92 Å². The molecule has 0 radical (unpaired) electrons. The predicted molar refractivity (Wildman–Crippen MR) is 103 cm³/mol. The van der Waals surface area contributed by atoms with Gasteiger partial charge in [0.2, 0.25) is 0 Å². The minimum atomic E-state index is -0.596. The lowest BCUT2D eigenvalue weighted by Gasteiger charge is -2.13. The molecule has 27 heavy (non-hydrogen) atoms. The lowest BCUT2D eigenvalue weighted by atomic mass is 10.1. The molecular formula is C19H21NO6S. The van der Waals surface area contributed by atoms with Crippen LogP contribution in [0.2, 0.25) is 0 Å². The van der Waals surface area contributed by atoms with E-state index in [0.717, 1.165) is 11.3 Å². The van der Waals surface area contributed by atoms with Gasteiger partial charge in [-0.1, -0.05) is 6.07 Å². The Balaban J connectivity index is 2.51. The van der Waals surface area contributed by atoms with Crippen molar-refractivity contribution in [3.05, 3.63) is 39.8 Å². The summed E-state index contributed by atoms with van der Waals surface area (Å²) in [6, 6.07) is 4.95. The topological polar surface area (TPSA) is 90.9 Å². The van der Waals surface area contributed by atoms with Gasteiger partial charge in [0.05, 0.1) is 31.3 Å². The lowest BCUT2D eigenvalue weighted by Crippen LogP contribution is -2.16. The summed E-state index contributed by atoms with van der Waals surface area (Å²) in [7, 11) is 2.89. The van der Waals surface area contributed by atoms with Crippen molar-refractivity contribution in [1.82, 2.24) is 0 Å². The zero-order valence-corrected chi connectivity index (χ0v) is 16.6. The largest absolute Gasteiger partial charge is 0.496 e. The van der Waals surface area contributed by atoms with Gasteiger partial charge < -0.3 is 19.5 Å². The van der Waals surface area contributed by atoms with Crippen molar-refractivity contribution < 1.29 is 28.6 Å². The molecule has 0 atom stereocenters. The van der Waals surface area contributed by atoms with Crippen molar-refractivity contribution >= 4 is 34.0 Å². The number of ether oxygens (including phenoxy) is 3. The number of carbonyl (C=O) groups is 3. The number of esters is 1. The molecule has 1 heterocycles. The SMILES string of the molecule is CCOC(=O)c1c(NC(=O)c2c(OC)cccc2OC)sc(C(C)=O)c1C. The fourth-order valence-corrected chi connectivity index (χ4v) is 3.71. The number of thiophene rings is 1. The van der Waals surface area contributed by atoms with Gasteiger partial charge in [-0.15, -0.1) is 11.3 Å². The summed E-state index contributed by atoms with van der Waals surface area (Å²) in [5.41, 5.74) is 0.843. The summed E-state index contributed by atoms with van der Waals surface area (Å²) >= 11 is 1.03. The van der Waals surface area contributed by atoms with Gasteiger partial charge in [-0.25, -0.2) is 4.79 Å². The molecule has 8 heteroatoms. The highest BCUT2D eigenvalue weighted by Gasteiger charge is 2.27. The van der Waals surface area contributed by atoms with Gasteiger partial charge >= 0.3 is 5.97 Å². The van der Waals surface area contributed by atoms with Crippen LogP contribution in [0.1, 0.15) is 49.8 Å². The first kappa shape index (κ1) is 20.4. The molecule has 7 nitrogen and oxygen atoms in total. The summed E-state index contributed by atoms with van der Waals surface area (Å²) in [5, 5.41) is 2.94. The van der Waals surface area contributed by atoms with E-state index in [1.165, 1.54) is 21.1 Å². The van der Waals surface area contributed by atoms with Crippen molar-refractivity contribution in [2.75, 3.05) is 26.1 Å². The molecule has 0 aliphatic rings. The summed E-state index contributed by atoms with van der Waals surface area (Å²) in [4.78, 5) is 37.5. The molecule has 1 aromatic heterocycles. The van der Waals surface area contributed by atoms with E-state index >= 15 is 0 Å². The Hall–Kier alpha value is -2.87. The molecule has 144 valence electrons. The van der Waals surface area contributed by atoms with E-state index in [4.69, 9.17) is 14.2 Å². The first-order valence-electron chi connectivity index (χ1n) is 8.19. The van der Waals surface area contributed by atoms with Crippen LogP contribution in [-0.2, 0) is 4.74 Å². The molecule has 0 aliphatic carbocycles. The van der Waals surface area contributed by atoms with Gasteiger partial charge in [0.15, 0.2) is 5.78 Å². The maximum Gasteiger partial charge on any atom is 0.341 e. The van der Waals surface area contributed by atoms with Gasteiger partial charge in [0.25, 0.3) is 5.91 Å². The average molecular weight is 391 g/mol. The standard InChI is InChI=1S/C19H21NO6S/c1-6-26-19(23)14-10(2)16(11(3)21)27-18(14)20-17(22)15-12(24-4)8-7-9-13(15)25-5/h7-9H,6H2,1-5H3,(H,20,22). The Kier molecular flexibility index (Phi) is 6.57. The third kappa shape index (κ3) is 4.11. The summed E-state index contributed by atoms with van der Waals surface area (Å²) in [5.74, 6) is -0.667. The molecule has 0 bridgehead atoms. The predicted octanol–water partition coefficient (Wildman–Crippen LogP) is 3.71. The molecule has 2 rings (SSSR count). The number of methoxy groups -OCH3 is 2. The minimum Gasteiger partial charge on any atom is -0.496 e. The molecule has 0 unspecified atom stereocenters. The van der Waals surface area contributed by atoms with E-state index in [1.807, 2.05) is 0 Å². The summed E-state index contributed by atoms with van der Waals surface area (Å²) < 4.78 is 15.6. The highest BCUT2D eigenvalue weighted by molar-refractivity contribution is 7.18. The number of carbonyl (C=O) groups excluding carboxylic acids is 3. The van der Waals surface area contributed by atoms with Crippen LogP contribution in [0.25, 0.3) is 0 Å². The van der Waals surface area contributed by atoms with Crippen LogP contribution in [0.4, 0.5) is 5.00 Å². The van der Waals surface area contributed by atoms with E-state index in [0.29, 0.717) is 21.9 Å². The quantitative estimate of drug-likeness (QED) is 0.572. The molecule has 1 aromatic carbocycles. The minimum absolute atomic E-state index is 0.175. The van der Waals surface area contributed by atoms with Crippen LogP contribution >= 0.6 is 11.3 Å². The molecular weight excluding hydrogens is 370 g/mol. The van der Waals surface area contributed by atoms with E-state index < -0.39 is 11.9 Å². The van der Waals surface area contributed by atoms with E-state index in [1.54, 1.807) is 32.0 Å². The molecule has 2 aromatic rings. The summed E-state index contributed by atoms with van der Waals surface area (Å²) in [6.07, 6.45) is 0. The highest BCUT2D eigenvalue weighted by Crippen LogP contribution is 2.36. The monoisotopic (exact) mass is 391 g/mol. The Morgan fingerprint density at radius 3 is 2.15 bits per heavy atom. The number of nitrogens with one attached hydrogen (secondary N) is 1. The van der Waals surface area contributed by atoms with Gasteiger partial charge in [0, 0.05) is 0 Å². The Bertz CT molecular complexity index is 864. The third-order valence-electron chi connectivity index (χ3n) is 3.83. The molecule has 0 saturated heterocycles. The zero-order chi connectivity index (χ0) is 20.1. The Labute approximate surface area is 161 Å². The maximum absolute atomic E-state index is 12.9. The molecule has 1 N–H and O–H groups in total. The number of hydrogen-bond donors (Lipinski definition) is 1. The van der Waals surface area contributed by atoms with Gasteiger partial charge in [0.1, 0.15) is 22.1 Å². The van der Waals surface area contributed by atoms with E-state index in [9.17, 15) is 14.4 Å². The molecule has 1 amide bonds. The van der Waals surface area contributed by atoms with Gasteiger partial charge in [-0.2, -0.15) is 0 Å². The second kappa shape index (κ2) is 8.68. The number of anilines is 1. The zero-order valence-electron chi connectivity index (χ0n) is 15.8. The van der Waals surface area contributed by atoms with Crippen LogP contribution in [0.15, 0.2) is 18.2 Å². The van der Waals surface area contributed by atoms with Crippen molar-refractivity contribution in [2.45, 2.75) is 20.8 Å². The Morgan fingerprint density at radius 1 is 1.07 bits per heavy atom. The van der Waals surface area contributed by atoms with E-state index in [2.05, 4.69) is 5.32 Å². The van der Waals surface area contributed by atoms with E-state index in [-0.39, 0.29) is 28.5 Å². The average Bonchev–Trinajstić information content (AvgIpc) is 2.97. The van der Waals surface area contributed by atoms with Crippen molar-refractivity contribution in [3.63, 3.8) is 0 Å². The first-order chi connectivity index (χ1) is 12.8. The number of benzene rings is 1. The van der Waals surface area contributed by atoms with Crippen molar-refractivity contribution in [1.29, 1.82) is 0 Å². The number of amides is 1. The van der Waals surface area contributed by atoms with Crippen LogP contribution in [-0.4, -0.2) is 38.5 Å². The van der Waals surface area contributed by atoms with Crippen LogP contribution < -0.4 is 14.8 Å². The molecule has 0 spiro atoms. The van der Waals surface area contributed by atoms with Crippen LogP contribution in [0.5, 0.6) is 11.5 Å². The van der Waals surface area contributed by atoms with Crippen molar-refractivity contribution in [3.8, 4) is 11.5 Å². The van der Waals surface area contributed by atoms with Crippen LogP contribution in [0.3, 0.4) is 0 Å². The smallest absolute Gasteiger partial charge is 0.341 e. The normalized spacial score (nSPS) is 10.3. The summed E-state index contributed by atoms with van der Waals surface area (Å²) in [6.45, 7) is 4.92. The third-order valence-corrected chi connectivity index (χ3v) is 5.14. The fraction of sp³-hybridized carbons (Fsp3) is 0.316.